The molecular formula is C25H23N3O4S3. The summed E-state index contributed by atoms with van der Waals surface area (Å²) >= 11 is 4.45. The molecule has 0 aliphatic heterocycles. The lowest BCUT2D eigenvalue weighted by molar-refractivity contribution is -0.115. The molecule has 0 radical (unpaired) electrons. The molecule has 35 heavy (non-hydrogen) atoms. The fraction of sp³-hybridized carbons (Fsp3) is 0.160. The van der Waals surface area contributed by atoms with Gasteiger partial charge in [-0.05, 0) is 60.8 Å². The van der Waals surface area contributed by atoms with Gasteiger partial charge in [0.2, 0.25) is 5.91 Å². The van der Waals surface area contributed by atoms with Crippen LogP contribution in [-0.4, -0.2) is 36.3 Å². The van der Waals surface area contributed by atoms with E-state index in [1.165, 1.54) is 30.2 Å². The number of carbonyl (C=O) groups excluding carboxylic acids is 2. The number of amides is 2. The van der Waals surface area contributed by atoms with Crippen molar-refractivity contribution >= 4 is 57.1 Å². The van der Waals surface area contributed by atoms with E-state index < -0.39 is 0 Å². The molecule has 2 N–H and O–H groups in total. The molecule has 4 aromatic rings. The molecule has 0 bridgehead atoms. The summed E-state index contributed by atoms with van der Waals surface area (Å²) in [6.07, 6.45) is 0. The molecule has 2 aromatic heterocycles. The number of ether oxygens (including phenoxy) is 2. The van der Waals surface area contributed by atoms with Gasteiger partial charge >= 0.3 is 0 Å². The summed E-state index contributed by atoms with van der Waals surface area (Å²) in [6, 6.07) is 16.3. The molecule has 7 nitrogen and oxygen atoms in total. The fourth-order valence-electron chi connectivity index (χ4n) is 3.13. The predicted molar refractivity (Wildman–Crippen MR) is 143 cm³/mol. The third-order valence-electron chi connectivity index (χ3n) is 4.95. The van der Waals surface area contributed by atoms with Crippen LogP contribution in [0.5, 0.6) is 11.5 Å². The maximum Gasteiger partial charge on any atom is 0.255 e. The second-order valence-electron chi connectivity index (χ2n) is 7.31. The van der Waals surface area contributed by atoms with Gasteiger partial charge < -0.3 is 20.1 Å². The van der Waals surface area contributed by atoms with Gasteiger partial charge in [0.1, 0.15) is 0 Å². The summed E-state index contributed by atoms with van der Waals surface area (Å²) in [5.74, 6) is 0.665. The zero-order chi connectivity index (χ0) is 24.8. The molecule has 0 saturated heterocycles. The molecule has 10 heteroatoms. The van der Waals surface area contributed by atoms with Crippen molar-refractivity contribution in [1.82, 2.24) is 4.98 Å². The summed E-state index contributed by atoms with van der Waals surface area (Å²) in [6.45, 7) is 1.85. The van der Waals surface area contributed by atoms with Gasteiger partial charge in [-0.15, -0.1) is 34.4 Å². The Labute approximate surface area is 215 Å². The van der Waals surface area contributed by atoms with Crippen molar-refractivity contribution in [3.8, 4) is 22.1 Å². The van der Waals surface area contributed by atoms with E-state index in [-0.39, 0.29) is 17.1 Å². The maximum atomic E-state index is 12.6. The van der Waals surface area contributed by atoms with Gasteiger partial charge in [-0.1, -0.05) is 6.07 Å². The lowest BCUT2D eigenvalue weighted by atomic mass is 10.2. The number of nitrogens with one attached hydrogen (secondary N) is 2. The number of hydrogen-bond acceptors (Lipinski definition) is 8. The van der Waals surface area contributed by atoms with Crippen molar-refractivity contribution in [2.24, 2.45) is 0 Å². The Hall–Kier alpha value is -3.34. The molecule has 180 valence electrons. The highest BCUT2D eigenvalue weighted by molar-refractivity contribution is 8.00. The number of aromatic nitrogens is 1. The summed E-state index contributed by atoms with van der Waals surface area (Å²) in [5.41, 5.74) is 1.97. The van der Waals surface area contributed by atoms with E-state index in [9.17, 15) is 9.59 Å². The second kappa shape index (κ2) is 11.4. The minimum atomic E-state index is -0.323. The van der Waals surface area contributed by atoms with Crippen LogP contribution in [0.15, 0.2) is 70.3 Å². The van der Waals surface area contributed by atoms with E-state index in [0.29, 0.717) is 27.9 Å². The van der Waals surface area contributed by atoms with Crippen LogP contribution in [0.25, 0.3) is 10.6 Å². The molecule has 2 heterocycles. The van der Waals surface area contributed by atoms with Crippen molar-refractivity contribution < 1.29 is 19.1 Å². The summed E-state index contributed by atoms with van der Waals surface area (Å²) in [5, 5.41) is 9.96. The van der Waals surface area contributed by atoms with Gasteiger partial charge in [0, 0.05) is 21.5 Å². The minimum absolute atomic E-state index is 0.118. The standard InChI is InChI=1S/C25H23N3O4S3/c1-15(23(29)28-25-27-19(14-34-25)22-5-4-12-33-22)35-18-9-7-17(8-10-18)26-24(30)16-6-11-20(31-2)21(13-16)32-3/h4-15H,1-3H3,(H,26,30)(H,27,28,29). The van der Waals surface area contributed by atoms with E-state index in [2.05, 4.69) is 15.6 Å². The van der Waals surface area contributed by atoms with E-state index in [4.69, 9.17) is 9.47 Å². The summed E-state index contributed by atoms with van der Waals surface area (Å²) in [7, 11) is 3.07. The number of thioether (sulfide) groups is 1. The minimum Gasteiger partial charge on any atom is -0.493 e. The van der Waals surface area contributed by atoms with E-state index in [0.717, 1.165) is 15.5 Å². The van der Waals surface area contributed by atoms with Crippen LogP contribution >= 0.6 is 34.4 Å². The molecule has 0 aliphatic carbocycles. The number of thiophene rings is 1. The fourth-order valence-corrected chi connectivity index (χ4v) is 5.47. The van der Waals surface area contributed by atoms with Crippen molar-refractivity contribution in [2.75, 3.05) is 24.9 Å². The third kappa shape index (κ3) is 6.21. The number of anilines is 2. The van der Waals surface area contributed by atoms with Crippen molar-refractivity contribution in [1.29, 1.82) is 0 Å². The molecule has 2 aromatic carbocycles. The Morgan fingerprint density at radius 2 is 1.74 bits per heavy atom. The smallest absolute Gasteiger partial charge is 0.255 e. The van der Waals surface area contributed by atoms with Crippen LogP contribution < -0.4 is 20.1 Å². The molecule has 2 amide bonds. The Morgan fingerprint density at radius 1 is 0.971 bits per heavy atom. The first kappa shape index (κ1) is 24.8. The first-order valence-corrected chi connectivity index (χ1v) is 13.2. The van der Waals surface area contributed by atoms with Gasteiger partial charge in [0.05, 0.1) is 30.0 Å². The lowest BCUT2D eigenvalue weighted by Crippen LogP contribution is -2.22. The molecular weight excluding hydrogens is 502 g/mol. The molecule has 0 saturated carbocycles. The average Bonchev–Trinajstić information content (AvgIpc) is 3.57. The highest BCUT2D eigenvalue weighted by atomic mass is 32.2. The molecule has 0 aliphatic rings. The first-order valence-electron chi connectivity index (χ1n) is 10.6. The number of carbonyl (C=O) groups is 2. The van der Waals surface area contributed by atoms with Gasteiger partial charge in [0.25, 0.3) is 5.91 Å². The zero-order valence-electron chi connectivity index (χ0n) is 19.2. The number of nitrogens with zero attached hydrogens (tertiary/aromatic N) is 1. The number of rotatable bonds is 9. The molecule has 1 atom stereocenters. The highest BCUT2D eigenvalue weighted by Crippen LogP contribution is 2.31. The van der Waals surface area contributed by atoms with Crippen LogP contribution in [0.2, 0.25) is 0 Å². The topological polar surface area (TPSA) is 89.5 Å². The largest absolute Gasteiger partial charge is 0.493 e. The van der Waals surface area contributed by atoms with Crippen molar-refractivity contribution in [2.45, 2.75) is 17.1 Å². The zero-order valence-corrected chi connectivity index (χ0v) is 21.7. The molecule has 0 spiro atoms. The Morgan fingerprint density at radius 3 is 2.43 bits per heavy atom. The van der Waals surface area contributed by atoms with Crippen molar-refractivity contribution in [3.05, 3.63) is 70.9 Å². The Balaban J connectivity index is 1.32. The van der Waals surface area contributed by atoms with E-state index >= 15 is 0 Å². The SMILES string of the molecule is COc1ccc(C(=O)Nc2ccc(SC(C)C(=O)Nc3nc(-c4cccs4)cs3)cc2)cc1OC. The quantitative estimate of drug-likeness (QED) is 0.251. The van der Waals surface area contributed by atoms with Gasteiger partial charge in [-0.25, -0.2) is 4.98 Å². The summed E-state index contributed by atoms with van der Waals surface area (Å²) in [4.78, 5) is 31.7. The predicted octanol–water partition coefficient (Wildman–Crippen LogP) is 6.26. The van der Waals surface area contributed by atoms with Gasteiger partial charge in [0.15, 0.2) is 16.6 Å². The second-order valence-corrected chi connectivity index (χ2v) is 10.5. The van der Waals surface area contributed by atoms with Crippen molar-refractivity contribution in [3.63, 3.8) is 0 Å². The van der Waals surface area contributed by atoms with Crippen LogP contribution in [0, 0.1) is 0 Å². The third-order valence-corrected chi connectivity index (χ3v) is 7.71. The molecule has 4 rings (SSSR count). The summed E-state index contributed by atoms with van der Waals surface area (Å²) < 4.78 is 10.5. The van der Waals surface area contributed by atoms with Gasteiger partial charge in [-0.3, -0.25) is 9.59 Å². The number of hydrogen-bond donors (Lipinski definition) is 2. The Bertz CT molecular complexity index is 1300. The molecule has 1 unspecified atom stereocenters. The normalized spacial score (nSPS) is 11.5. The van der Waals surface area contributed by atoms with Gasteiger partial charge in [-0.2, -0.15) is 0 Å². The average molecular weight is 526 g/mol. The number of thiazole rings is 1. The van der Waals surface area contributed by atoms with E-state index in [1.807, 2.05) is 41.9 Å². The van der Waals surface area contributed by atoms with Crippen LogP contribution in [-0.2, 0) is 4.79 Å². The molecule has 0 fully saturated rings. The highest BCUT2D eigenvalue weighted by Gasteiger charge is 2.17. The number of methoxy groups -OCH3 is 2. The van der Waals surface area contributed by atoms with Crippen LogP contribution in [0.4, 0.5) is 10.8 Å². The Kier molecular flexibility index (Phi) is 8.06. The number of benzene rings is 2. The first-order chi connectivity index (χ1) is 17.0. The van der Waals surface area contributed by atoms with Crippen LogP contribution in [0.1, 0.15) is 17.3 Å². The maximum absolute atomic E-state index is 12.6. The van der Waals surface area contributed by atoms with Crippen LogP contribution in [0.3, 0.4) is 0 Å². The monoisotopic (exact) mass is 525 g/mol. The lowest BCUT2D eigenvalue weighted by Gasteiger charge is -2.12. The van der Waals surface area contributed by atoms with E-state index in [1.54, 1.807) is 48.8 Å².